The van der Waals surface area contributed by atoms with Crippen molar-refractivity contribution in [2.45, 2.75) is 44.2 Å². The molecule has 1 saturated heterocycles. The smallest absolute Gasteiger partial charge is 0.243 e. The molecular formula is C36H48N4O8S. The highest BCUT2D eigenvalue weighted by molar-refractivity contribution is 7.89. The molecular weight excluding hydrogens is 648 g/mol. The zero-order chi connectivity index (χ0) is 35.6. The Morgan fingerprint density at radius 3 is 2.27 bits per heavy atom. The van der Waals surface area contributed by atoms with Gasteiger partial charge in [0.05, 0.1) is 50.5 Å². The minimum absolute atomic E-state index is 0.0300. The van der Waals surface area contributed by atoms with E-state index in [1.54, 1.807) is 41.0 Å². The molecule has 3 N–H and O–H groups in total. The molecule has 0 unspecified atom stereocenters. The highest BCUT2D eigenvalue weighted by Gasteiger charge is 2.32. The lowest BCUT2D eigenvalue weighted by atomic mass is 10.0. The van der Waals surface area contributed by atoms with Gasteiger partial charge in [0.2, 0.25) is 21.8 Å². The summed E-state index contributed by atoms with van der Waals surface area (Å²) in [6.07, 6.45) is -1.06. The Kier molecular flexibility index (Phi) is 13.4. The Hall–Kier alpha value is -4.17. The van der Waals surface area contributed by atoms with Crippen LogP contribution in [0.15, 0.2) is 77.7 Å². The zero-order valence-electron chi connectivity index (χ0n) is 28.6. The first kappa shape index (κ1) is 37.6. The normalized spacial score (nSPS) is 14.8. The number of anilines is 1. The Morgan fingerprint density at radius 2 is 1.63 bits per heavy atom. The molecule has 1 aliphatic heterocycles. The van der Waals surface area contributed by atoms with Crippen molar-refractivity contribution >= 4 is 27.5 Å². The third kappa shape index (κ3) is 10.4. The number of carbonyl (C=O) groups is 2. The van der Waals surface area contributed by atoms with Crippen LogP contribution in [0.25, 0.3) is 0 Å². The fraction of sp³-hybridized carbons (Fsp3) is 0.444. The van der Waals surface area contributed by atoms with Gasteiger partial charge >= 0.3 is 0 Å². The summed E-state index contributed by atoms with van der Waals surface area (Å²) >= 11 is 0. The van der Waals surface area contributed by atoms with Gasteiger partial charge < -0.3 is 34.8 Å². The second-order valence-corrected chi connectivity index (χ2v) is 14.5. The molecule has 0 spiro atoms. The second-order valence-electron chi connectivity index (χ2n) is 12.6. The summed E-state index contributed by atoms with van der Waals surface area (Å²) in [6, 6.07) is 19.4. The Bertz CT molecular complexity index is 1630. The highest BCUT2D eigenvalue weighted by atomic mass is 32.2. The lowest BCUT2D eigenvalue weighted by molar-refractivity contribution is -0.133. The number of methoxy groups -OCH3 is 1. The number of phenols is 1. The van der Waals surface area contributed by atoms with Crippen LogP contribution < -0.4 is 15.0 Å². The van der Waals surface area contributed by atoms with Gasteiger partial charge in [-0.3, -0.25) is 9.59 Å². The summed E-state index contributed by atoms with van der Waals surface area (Å²) < 4.78 is 39.5. The molecule has 0 aromatic heterocycles. The topological polar surface area (TPSA) is 149 Å². The molecule has 3 aromatic rings. The predicted octanol–water partition coefficient (Wildman–Crippen LogP) is 2.81. The quantitative estimate of drug-likeness (QED) is 0.206. The fourth-order valence-corrected chi connectivity index (χ4v) is 7.37. The van der Waals surface area contributed by atoms with Crippen LogP contribution in [-0.4, -0.2) is 111 Å². The van der Waals surface area contributed by atoms with Crippen molar-refractivity contribution in [2.75, 3.05) is 64.5 Å². The number of benzene rings is 3. The number of nitrogens with zero attached hydrogens (tertiary/aromatic N) is 3. The number of aliphatic hydroxyl groups excluding tert-OH is 1. The van der Waals surface area contributed by atoms with Crippen LogP contribution in [0.3, 0.4) is 0 Å². The van der Waals surface area contributed by atoms with Crippen LogP contribution >= 0.6 is 0 Å². The first-order valence-electron chi connectivity index (χ1n) is 16.4. The SMILES string of the molecule is COc1ccc(S(=O)(=O)N(CC(C)C)C[C@@H](O)[C@H](Cc2ccccc2)NC(=O)CN(CC(=O)N2CCOCC2)c2cccc(O)c2C)cc1. The van der Waals surface area contributed by atoms with Gasteiger partial charge in [-0.1, -0.05) is 50.2 Å². The van der Waals surface area contributed by atoms with Crippen LogP contribution in [0.5, 0.6) is 11.5 Å². The van der Waals surface area contributed by atoms with E-state index in [9.17, 15) is 28.2 Å². The van der Waals surface area contributed by atoms with Gasteiger partial charge in [0.1, 0.15) is 11.5 Å². The van der Waals surface area contributed by atoms with E-state index in [4.69, 9.17) is 9.47 Å². The molecule has 1 fully saturated rings. The minimum atomic E-state index is -4.02. The summed E-state index contributed by atoms with van der Waals surface area (Å²) in [5.74, 6) is -0.173. The van der Waals surface area contributed by atoms with Gasteiger partial charge in [0.15, 0.2) is 0 Å². The molecule has 1 aliphatic rings. The number of aliphatic hydroxyl groups is 1. The molecule has 2 atom stereocenters. The van der Waals surface area contributed by atoms with E-state index in [-0.39, 0.29) is 55.1 Å². The van der Waals surface area contributed by atoms with E-state index in [1.807, 2.05) is 44.2 Å². The molecule has 0 aliphatic carbocycles. The van der Waals surface area contributed by atoms with Gasteiger partial charge in [0, 0.05) is 37.4 Å². The van der Waals surface area contributed by atoms with Crippen LogP contribution in [0.2, 0.25) is 0 Å². The maximum atomic E-state index is 13.8. The highest BCUT2D eigenvalue weighted by Crippen LogP contribution is 2.28. The number of sulfonamides is 1. The van der Waals surface area contributed by atoms with Crippen LogP contribution in [0, 0.1) is 12.8 Å². The number of phenolic OH excluding ortho intramolecular Hbond substituents is 1. The average Bonchev–Trinajstić information content (AvgIpc) is 3.09. The molecule has 1 heterocycles. The molecule has 4 rings (SSSR count). The third-order valence-electron chi connectivity index (χ3n) is 8.41. The Labute approximate surface area is 289 Å². The standard InChI is InChI=1S/C36H48N4O8S/c1-26(2)22-40(49(45,46)30-15-13-29(47-4)14-16-30)23-34(42)31(21-28-9-6-5-7-10-28)37-35(43)24-39(32-11-8-12-33(41)27(32)3)25-36(44)38-17-19-48-20-18-38/h5-16,26,31,34,41-42H,17-25H2,1-4H3,(H,37,43)/t31-,34+/m0/s1. The van der Waals surface area contributed by atoms with E-state index in [0.717, 1.165) is 5.56 Å². The number of rotatable bonds is 16. The van der Waals surface area contributed by atoms with E-state index in [0.29, 0.717) is 43.3 Å². The Balaban J connectivity index is 1.59. The van der Waals surface area contributed by atoms with E-state index < -0.39 is 28.1 Å². The average molecular weight is 697 g/mol. The number of aromatic hydroxyl groups is 1. The van der Waals surface area contributed by atoms with E-state index in [1.165, 1.54) is 29.6 Å². The number of hydrogen-bond donors (Lipinski definition) is 3. The molecule has 2 amide bonds. The molecule has 12 nitrogen and oxygen atoms in total. The summed E-state index contributed by atoms with van der Waals surface area (Å²) in [5, 5.41) is 25.1. The van der Waals surface area contributed by atoms with Gasteiger partial charge in [-0.15, -0.1) is 0 Å². The van der Waals surface area contributed by atoms with Crippen LogP contribution in [0.4, 0.5) is 5.69 Å². The van der Waals surface area contributed by atoms with Crippen molar-refractivity contribution in [1.82, 2.24) is 14.5 Å². The summed E-state index contributed by atoms with van der Waals surface area (Å²) in [7, 11) is -2.52. The van der Waals surface area contributed by atoms with Crippen LogP contribution in [0.1, 0.15) is 25.0 Å². The lowest BCUT2D eigenvalue weighted by Crippen LogP contribution is -2.53. The summed E-state index contributed by atoms with van der Waals surface area (Å²) in [5.41, 5.74) is 1.87. The van der Waals surface area contributed by atoms with E-state index in [2.05, 4.69) is 5.32 Å². The molecule has 0 bridgehead atoms. The number of amides is 2. The van der Waals surface area contributed by atoms with Crippen molar-refractivity contribution in [3.05, 3.63) is 83.9 Å². The number of nitrogens with one attached hydrogen (secondary N) is 1. The molecule has 266 valence electrons. The van der Waals surface area contributed by atoms with Crippen molar-refractivity contribution in [3.8, 4) is 11.5 Å². The second kappa shape index (κ2) is 17.5. The fourth-order valence-electron chi connectivity index (χ4n) is 5.74. The Morgan fingerprint density at radius 1 is 0.959 bits per heavy atom. The molecule has 0 radical (unpaired) electrons. The summed E-state index contributed by atoms with van der Waals surface area (Å²) in [6.45, 7) is 6.74. The van der Waals surface area contributed by atoms with Crippen molar-refractivity contribution in [3.63, 3.8) is 0 Å². The van der Waals surface area contributed by atoms with Gasteiger partial charge in [-0.25, -0.2) is 8.42 Å². The van der Waals surface area contributed by atoms with Gasteiger partial charge in [-0.05, 0) is 61.2 Å². The number of hydrogen-bond acceptors (Lipinski definition) is 9. The number of morpholine rings is 1. The van der Waals surface area contributed by atoms with Crippen molar-refractivity contribution in [2.24, 2.45) is 5.92 Å². The van der Waals surface area contributed by atoms with Crippen LogP contribution in [-0.2, 0) is 30.8 Å². The van der Waals surface area contributed by atoms with Gasteiger partial charge in [-0.2, -0.15) is 4.31 Å². The third-order valence-corrected chi connectivity index (χ3v) is 10.3. The maximum Gasteiger partial charge on any atom is 0.243 e. The minimum Gasteiger partial charge on any atom is -0.508 e. The molecule has 0 saturated carbocycles. The van der Waals surface area contributed by atoms with Crippen molar-refractivity contribution < 1.29 is 37.7 Å². The first-order chi connectivity index (χ1) is 23.4. The summed E-state index contributed by atoms with van der Waals surface area (Å²) in [4.78, 5) is 30.5. The zero-order valence-corrected chi connectivity index (χ0v) is 29.4. The maximum absolute atomic E-state index is 13.8. The molecule has 3 aromatic carbocycles. The molecule has 49 heavy (non-hydrogen) atoms. The first-order valence-corrected chi connectivity index (χ1v) is 17.9. The largest absolute Gasteiger partial charge is 0.508 e. The van der Waals surface area contributed by atoms with Gasteiger partial charge in [0.25, 0.3) is 0 Å². The number of carbonyl (C=O) groups excluding carboxylic acids is 2. The number of ether oxygens (including phenoxy) is 2. The monoisotopic (exact) mass is 696 g/mol. The predicted molar refractivity (Wildman–Crippen MR) is 187 cm³/mol. The lowest BCUT2D eigenvalue weighted by Gasteiger charge is -2.33. The van der Waals surface area contributed by atoms with Crippen molar-refractivity contribution in [1.29, 1.82) is 0 Å². The molecule has 13 heteroatoms. The van der Waals surface area contributed by atoms with E-state index >= 15 is 0 Å².